The van der Waals surface area contributed by atoms with Gasteiger partial charge in [-0.2, -0.15) is 0 Å². The summed E-state index contributed by atoms with van der Waals surface area (Å²) >= 11 is 0. The fourth-order valence-electron chi connectivity index (χ4n) is 2.31. The molecule has 0 spiro atoms. The van der Waals surface area contributed by atoms with Gasteiger partial charge in [0, 0.05) is 5.75 Å². The number of allylic oxidation sites excluding steroid dienone is 1. The zero-order valence-corrected chi connectivity index (χ0v) is 17.6. The molecule has 3 atom stereocenters. The van der Waals surface area contributed by atoms with Crippen LogP contribution in [0, 0.1) is 0 Å². The fourth-order valence-corrected chi connectivity index (χ4v) is 4.34. The lowest BCUT2D eigenvalue weighted by molar-refractivity contribution is -0.150. The van der Waals surface area contributed by atoms with Crippen LogP contribution in [0.5, 0.6) is 0 Å². The zero-order chi connectivity index (χ0) is 20.8. The van der Waals surface area contributed by atoms with Crippen LogP contribution in [0.3, 0.4) is 0 Å². The average Bonchev–Trinajstić information content (AvgIpc) is 2.64. The second-order valence-electron chi connectivity index (χ2n) is 6.17. The SMILES string of the molecule is CCC[C@@H](O)CC(=O)O[C@@H]1/C=C/CCSSC[C@H](ON)NC(=O)CNC(=O)C1. The minimum Gasteiger partial charge on any atom is -0.457 e. The van der Waals surface area contributed by atoms with E-state index in [0.29, 0.717) is 18.6 Å². The number of nitrogens with one attached hydrogen (secondary N) is 2. The maximum atomic E-state index is 12.1. The van der Waals surface area contributed by atoms with Crippen molar-refractivity contribution >= 4 is 39.4 Å². The van der Waals surface area contributed by atoms with Gasteiger partial charge in [0.15, 0.2) is 6.23 Å². The number of carbonyl (C=O) groups excluding carboxylic acids is 3. The Morgan fingerprint density at radius 2 is 2.18 bits per heavy atom. The van der Waals surface area contributed by atoms with Crippen molar-refractivity contribution in [3.63, 3.8) is 0 Å². The third-order valence-electron chi connectivity index (χ3n) is 3.65. The monoisotopic (exact) mass is 435 g/mol. The highest BCUT2D eigenvalue weighted by molar-refractivity contribution is 8.76. The summed E-state index contributed by atoms with van der Waals surface area (Å²) in [5, 5.41) is 14.8. The van der Waals surface area contributed by atoms with Gasteiger partial charge in [0.2, 0.25) is 11.8 Å². The van der Waals surface area contributed by atoms with Crippen molar-refractivity contribution < 1.29 is 29.1 Å². The van der Waals surface area contributed by atoms with E-state index >= 15 is 0 Å². The summed E-state index contributed by atoms with van der Waals surface area (Å²) in [6.07, 6.45) is 3.11. The predicted molar refractivity (Wildman–Crippen MR) is 109 cm³/mol. The number of carbonyl (C=O) groups is 3. The highest BCUT2D eigenvalue weighted by Crippen LogP contribution is 2.23. The van der Waals surface area contributed by atoms with Gasteiger partial charge in [-0.3, -0.25) is 19.2 Å². The van der Waals surface area contributed by atoms with Gasteiger partial charge >= 0.3 is 5.97 Å². The highest BCUT2D eigenvalue weighted by Gasteiger charge is 2.19. The van der Waals surface area contributed by atoms with Crippen LogP contribution < -0.4 is 16.5 Å². The van der Waals surface area contributed by atoms with Crippen molar-refractivity contribution in [3.05, 3.63) is 12.2 Å². The standard InChI is InChI=1S/C17H29N3O6S2/c1-2-5-12(21)8-17(24)25-13-6-3-4-7-27-28-11-16(26-18)20-15(23)10-19-14(22)9-13/h3,6,12-13,16,21H,2,4-5,7-11,18H2,1H3,(H,19,22)(H,20,23)/b6-3+/t12-,13-,16+/m1/s1. The topological polar surface area (TPSA) is 140 Å². The molecule has 5 N–H and O–H groups in total. The summed E-state index contributed by atoms with van der Waals surface area (Å²) in [6.45, 7) is 1.67. The molecule has 0 aromatic rings. The quantitative estimate of drug-likeness (QED) is 0.205. The van der Waals surface area contributed by atoms with Crippen LogP contribution in [-0.2, 0) is 24.0 Å². The molecule has 160 valence electrons. The molecule has 0 saturated heterocycles. The first-order valence-corrected chi connectivity index (χ1v) is 11.6. The van der Waals surface area contributed by atoms with E-state index in [9.17, 15) is 19.5 Å². The first-order chi connectivity index (χ1) is 13.4. The molecule has 0 aromatic carbocycles. The molecular formula is C17H29N3O6S2. The fraction of sp³-hybridized carbons (Fsp3) is 0.706. The van der Waals surface area contributed by atoms with Crippen LogP contribution in [0.4, 0.5) is 0 Å². The van der Waals surface area contributed by atoms with E-state index in [0.717, 1.165) is 12.2 Å². The minimum atomic E-state index is -0.757. The number of hydrogen-bond acceptors (Lipinski definition) is 9. The average molecular weight is 436 g/mol. The van der Waals surface area contributed by atoms with Gasteiger partial charge in [-0.25, -0.2) is 5.90 Å². The summed E-state index contributed by atoms with van der Waals surface area (Å²) < 4.78 is 5.33. The Morgan fingerprint density at radius 1 is 1.39 bits per heavy atom. The van der Waals surface area contributed by atoms with Gasteiger partial charge < -0.3 is 20.5 Å². The molecule has 1 rings (SSSR count). The second kappa shape index (κ2) is 14.7. The predicted octanol–water partition coefficient (Wildman–Crippen LogP) is 0.630. The van der Waals surface area contributed by atoms with Gasteiger partial charge in [0.05, 0.1) is 31.2 Å². The molecule has 0 bridgehead atoms. The van der Waals surface area contributed by atoms with Crippen molar-refractivity contribution in [2.24, 2.45) is 5.90 Å². The first-order valence-electron chi connectivity index (χ1n) is 9.14. The van der Waals surface area contributed by atoms with Crippen molar-refractivity contribution in [3.8, 4) is 0 Å². The summed E-state index contributed by atoms with van der Waals surface area (Å²) in [6, 6.07) is 0. The Kier molecular flexibility index (Phi) is 13.0. The Morgan fingerprint density at radius 3 is 2.89 bits per heavy atom. The lowest BCUT2D eigenvalue weighted by Crippen LogP contribution is -2.45. The van der Waals surface area contributed by atoms with E-state index in [1.807, 2.05) is 13.0 Å². The number of nitrogens with two attached hydrogens (primary N) is 1. The molecule has 0 unspecified atom stereocenters. The maximum absolute atomic E-state index is 12.1. The molecule has 0 aromatic heterocycles. The number of amides is 2. The minimum absolute atomic E-state index is 0.113. The van der Waals surface area contributed by atoms with E-state index in [2.05, 4.69) is 10.6 Å². The van der Waals surface area contributed by atoms with Crippen LogP contribution in [0.1, 0.15) is 39.0 Å². The Bertz CT molecular complexity index is 535. The van der Waals surface area contributed by atoms with Crippen LogP contribution in [0.15, 0.2) is 12.2 Å². The van der Waals surface area contributed by atoms with Crippen LogP contribution in [-0.4, -0.2) is 59.4 Å². The number of hydrogen-bond donors (Lipinski definition) is 4. The molecular weight excluding hydrogens is 406 g/mol. The van der Waals surface area contributed by atoms with E-state index in [1.165, 1.54) is 10.8 Å². The Balaban J connectivity index is 2.66. The number of aliphatic hydroxyl groups is 1. The molecule has 11 heteroatoms. The summed E-state index contributed by atoms with van der Waals surface area (Å²) in [5.41, 5.74) is 0. The molecule has 9 nitrogen and oxygen atoms in total. The molecule has 1 heterocycles. The van der Waals surface area contributed by atoms with Crippen molar-refractivity contribution in [1.82, 2.24) is 10.6 Å². The normalized spacial score (nSPS) is 24.8. The third kappa shape index (κ3) is 11.5. The van der Waals surface area contributed by atoms with Gasteiger partial charge in [-0.1, -0.05) is 41.0 Å². The second-order valence-corrected chi connectivity index (χ2v) is 8.80. The van der Waals surface area contributed by atoms with Crippen LogP contribution in [0.25, 0.3) is 0 Å². The van der Waals surface area contributed by atoms with Crippen molar-refractivity contribution in [2.75, 3.05) is 18.1 Å². The first kappa shape index (κ1) is 24.8. The Hall–Kier alpha value is -1.27. The van der Waals surface area contributed by atoms with E-state index in [4.69, 9.17) is 15.5 Å². The number of rotatable bonds is 6. The lowest BCUT2D eigenvalue weighted by Gasteiger charge is -2.17. The van der Waals surface area contributed by atoms with Gasteiger partial charge in [-0.15, -0.1) is 0 Å². The van der Waals surface area contributed by atoms with Crippen LogP contribution >= 0.6 is 21.6 Å². The maximum Gasteiger partial charge on any atom is 0.309 e. The van der Waals surface area contributed by atoms with E-state index in [1.54, 1.807) is 16.9 Å². The van der Waals surface area contributed by atoms with Crippen molar-refractivity contribution in [1.29, 1.82) is 0 Å². The summed E-state index contributed by atoms with van der Waals surface area (Å²) in [4.78, 5) is 40.7. The molecule has 1 aliphatic heterocycles. The van der Waals surface area contributed by atoms with Gasteiger partial charge in [-0.05, 0) is 18.9 Å². The van der Waals surface area contributed by atoms with Crippen molar-refractivity contribution in [2.45, 2.75) is 57.5 Å². The molecule has 28 heavy (non-hydrogen) atoms. The third-order valence-corrected chi connectivity index (χ3v) is 6.06. The molecule has 0 saturated carbocycles. The molecule has 1 aliphatic rings. The molecule has 0 radical (unpaired) electrons. The lowest BCUT2D eigenvalue weighted by atomic mass is 10.1. The smallest absolute Gasteiger partial charge is 0.309 e. The highest BCUT2D eigenvalue weighted by atomic mass is 33.1. The largest absolute Gasteiger partial charge is 0.457 e. The molecule has 2 amide bonds. The zero-order valence-electron chi connectivity index (χ0n) is 15.9. The number of aliphatic hydroxyl groups excluding tert-OH is 1. The molecule has 0 aliphatic carbocycles. The van der Waals surface area contributed by atoms with Crippen LogP contribution in [0.2, 0.25) is 0 Å². The number of esters is 1. The number of ether oxygens (including phenoxy) is 1. The summed E-state index contributed by atoms with van der Waals surface area (Å²) in [5.74, 6) is 4.99. The Labute approximate surface area is 172 Å². The summed E-state index contributed by atoms with van der Waals surface area (Å²) in [7, 11) is 3.10. The van der Waals surface area contributed by atoms with Gasteiger partial charge in [0.25, 0.3) is 0 Å². The van der Waals surface area contributed by atoms with E-state index < -0.39 is 36.2 Å². The van der Waals surface area contributed by atoms with E-state index in [-0.39, 0.29) is 19.4 Å². The molecule has 0 fully saturated rings. The van der Waals surface area contributed by atoms with Gasteiger partial charge in [0.1, 0.15) is 6.10 Å².